The van der Waals surface area contributed by atoms with Gasteiger partial charge in [-0.1, -0.05) is 12.1 Å². The molecule has 104 valence electrons. The Hall–Kier alpha value is -2.56. The van der Waals surface area contributed by atoms with Gasteiger partial charge in [0.2, 0.25) is 0 Å². The minimum absolute atomic E-state index is 0.0748. The zero-order chi connectivity index (χ0) is 14.5. The highest BCUT2D eigenvalue weighted by Crippen LogP contribution is 2.24. The number of rotatable bonds is 4. The smallest absolute Gasteiger partial charge is 0.309 e. The number of hydrogen-bond donors (Lipinski definition) is 1. The summed E-state index contributed by atoms with van der Waals surface area (Å²) in [6.07, 6.45) is 0.202. The fourth-order valence-electron chi connectivity index (χ4n) is 1.62. The summed E-state index contributed by atoms with van der Waals surface area (Å²) in [4.78, 5) is 11.1. The number of carbonyl (C=O) groups excluding carboxylic acids is 1. The van der Waals surface area contributed by atoms with E-state index in [0.717, 1.165) is 5.56 Å². The fourth-order valence-corrected chi connectivity index (χ4v) is 1.62. The van der Waals surface area contributed by atoms with Gasteiger partial charge in [0.25, 0.3) is 0 Å². The van der Waals surface area contributed by atoms with Crippen molar-refractivity contribution in [3.8, 4) is 11.5 Å². The molecule has 2 aromatic rings. The predicted molar refractivity (Wildman–Crippen MR) is 73.0 cm³/mol. The summed E-state index contributed by atoms with van der Waals surface area (Å²) in [5, 5.41) is 0. The Morgan fingerprint density at radius 3 is 2.40 bits per heavy atom. The molecule has 0 bridgehead atoms. The van der Waals surface area contributed by atoms with Gasteiger partial charge in [-0.2, -0.15) is 0 Å². The predicted octanol–water partition coefficient (Wildman–Crippen LogP) is 2.92. The van der Waals surface area contributed by atoms with Crippen LogP contribution in [0, 0.1) is 5.82 Å². The molecule has 0 unspecified atom stereocenters. The number of ether oxygens (including phenoxy) is 2. The number of anilines is 1. The van der Waals surface area contributed by atoms with Crippen molar-refractivity contribution in [3.05, 3.63) is 53.8 Å². The lowest BCUT2D eigenvalue weighted by Crippen LogP contribution is -2.04. The lowest BCUT2D eigenvalue weighted by Gasteiger charge is -2.07. The lowest BCUT2D eigenvalue weighted by atomic mass is 10.1. The van der Waals surface area contributed by atoms with E-state index in [1.807, 2.05) is 0 Å². The molecule has 0 saturated heterocycles. The molecule has 0 aliphatic rings. The molecule has 4 nitrogen and oxygen atoms in total. The number of nitrogens with two attached hydrogens (primary N) is 1. The van der Waals surface area contributed by atoms with Crippen LogP contribution in [-0.2, 0) is 16.0 Å². The van der Waals surface area contributed by atoms with Crippen LogP contribution in [-0.4, -0.2) is 13.1 Å². The van der Waals surface area contributed by atoms with Gasteiger partial charge in [0.1, 0.15) is 17.3 Å². The number of hydrogen-bond acceptors (Lipinski definition) is 4. The third kappa shape index (κ3) is 3.47. The Balaban J connectivity index is 2.06. The van der Waals surface area contributed by atoms with Gasteiger partial charge >= 0.3 is 5.97 Å². The van der Waals surface area contributed by atoms with Crippen LogP contribution < -0.4 is 10.5 Å². The average Bonchev–Trinajstić information content (AvgIpc) is 2.45. The molecule has 0 aliphatic carbocycles. The molecule has 0 atom stereocenters. The highest BCUT2D eigenvalue weighted by atomic mass is 19.1. The molecule has 2 rings (SSSR count). The van der Waals surface area contributed by atoms with E-state index in [4.69, 9.17) is 10.5 Å². The van der Waals surface area contributed by atoms with Crippen LogP contribution in [0.4, 0.5) is 10.1 Å². The second-order valence-corrected chi connectivity index (χ2v) is 4.18. The summed E-state index contributed by atoms with van der Waals surface area (Å²) in [7, 11) is 1.34. The molecular formula is C15H14FNO3. The molecule has 0 aromatic heterocycles. The number of nitrogen functional groups attached to an aromatic ring is 1. The molecule has 5 heteroatoms. The molecular weight excluding hydrogens is 261 g/mol. The van der Waals surface area contributed by atoms with Crippen LogP contribution >= 0.6 is 0 Å². The van der Waals surface area contributed by atoms with Crippen molar-refractivity contribution in [2.45, 2.75) is 6.42 Å². The molecule has 0 fully saturated rings. The normalized spacial score (nSPS) is 10.1. The average molecular weight is 275 g/mol. The quantitative estimate of drug-likeness (QED) is 0.688. The maximum Gasteiger partial charge on any atom is 0.309 e. The standard InChI is InChI=1S/C15H14FNO3/c1-19-15(18)8-10-2-4-11(5-3-10)20-12-6-7-14(17)13(16)9-12/h2-7,9H,8,17H2,1H3. The molecule has 0 heterocycles. The highest BCUT2D eigenvalue weighted by Gasteiger charge is 2.05. The van der Waals surface area contributed by atoms with Gasteiger partial charge < -0.3 is 15.2 Å². The molecule has 0 saturated carbocycles. The van der Waals surface area contributed by atoms with E-state index in [1.165, 1.54) is 19.2 Å². The lowest BCUT2D eigenvalue weighted by molar-refractivity contribution is -0.139. The van der Waals surface area contributed by atoms with Gasteiger partial charge in [0, 0.05) is 6.07 Å². The van der Waals surface area contributed by atoms with Crippen molar-refractivity contribution in [1.82, 2.24) is 0 Å². The fraction of sp³-hybridized carbons (Fsp3) is 0.133. The number of methoxy groups -OCH3 is 1. The van der Waals surface area contributed by atoms with E-state index in [0.29, 0.717) is 11.5 Å². The third-order valence-electron chi connectivity index (χ3n) is 2.71. The molecule has 0 aliphatic heterocycles. The van der Waals surface area contributed by atoms with Gasteiger partial charge in [-0.3, -0.25) is 4.79 Å². The largest absolute Gasteiger partial charge is 0.469 e. The minimum atomic E-state index is -0.523. The van der Waals surface area contributed by atoms with Gasteiger partial charge in [-0.15, -0.1) is 0 Å². The van der Waals surface area contributed by atoms with Gasteiger partial charge in [0.05, 0.1) is 19.2 Å². The zero-order valence-corrected chi connectivity index (χ0v) is 10.9. The minimum Gasteiger partial charge on any atom is -0.469 e. The zero-order valence-electron chi connectivity index (χ0n) is 10.9. The first kappa shape index (κ1) is 13.9. The van der Waals surface area contributed by atoms with Gasteiger partial charge in [-0.05, 0) is 29.8 Å². The van der Waals surface area contributed by atoms with Crippen molar-refractivity contribution in [3.63, 3.8) is 0 Å². The van der Waals surface area contributed by atoms with Crippen molar-refractivity contribution in [2.24, 2.45) is 0 Å². The van der Waals surface area contributed by atoms with Crippen molar-refractivity contribution < 1.29 is 18.7 Å². The summed E-state index contributed by atoms with van der Waals surface area (Å²) < 4.78 is 23.3. The number of esters is 1. The van der Waals surface area contributed by atoms with Crippen molar-refractivity contribution in [2.75, 3.05) is 12.8 Å². The topological polar surface area (TPSA) is 61.5 Å². The van der Waals surface area contributed by atoms with E-state index < -0.39 is 5.82 Å². The molecule has 20 heavy (non-hydrogen) atoms. The van der Waals surface area contributed by atoms with Crippen LogP contribution in [0.2, 0.25) is 0 Å². The summed E-state index contributed by atoms with van der Waals surface area (Å²) in [5.41, 5.74) is 6.27. The van der Waals surface area contributed by atoms with E-state index >= 15 is 0 Å². The third-order valence-corrected chi connectivity index (χ3v) is 2.71. The Morgan fingerprint density at radius 1 is 1.15 bits per heavy atom. The molecule has 0 amide bonds. The molecule has 2 aromatic carbocycles. The van der Waals surface area contributed by atoms with Gasteiger partial charge in [0.15, 0.2) is 0 Å². The highest BCUT2D eigenvalue weighted by molar-refractivity contribution is 5.72. The monoisotopic (exact) mass is 275 g/mol. The Bertz CT molecular complexity index is 611. The Kier molecular flexibility index (Phi) is 4.20. The number of carbonyl (C=O) groups is 1. The van der Waals surface area contributed by atoms with E-state index in [1.54, 1.807) is 30.3 Å². The number of halogens is 1. The molecule has 2 N–H and O–H groups in total. The van der Waals surface area contributed by atoms with Crippen molar-refractivity contribution >= 4 is 11.7 Å². The Labute approximate surface area is 115 Å². The van der Waals surface area contributed by atoms with Crippen LogP contribution in [0.25, 0.3) is 0 Å². The first-order valence-corrected chi connectivity index (χ1v) is 5.97. The van der Waals surface area contributed by atoms with Crippen LogP contribution in [0.3, 0.4) is 0 Å². The van der Waals surface area contributed by atoms with Crippen molar-refractivity contribution in [1.29, 1.82) is 0 Å². The summed E-state index contributed by atoms with van der Waals surface area (Å²) in [5.74, 6) is 0.0734. The summed E-state index contributed by atoms with van der Waals surface area (Å²) in [6, 6.07) is 11.1. The second-order valence-electron chi connectivity index (χ2n) is 4.18. The number of benzene rings is 2. The van der Waals surface area contributed by atoms with Crippen LogP contribution in [0.15, 0.2) is 42.5 Å². The first-order valence-electron chi connectivity index (χ1n) is 5.97. The van der Waals surface area contributed by atoms with Crippen LogP contribution in [0.5, 0.6) is 11.5 Å². The van der Waals surface area contributed by atoms with Crippen LogP contribution in [0.1, 0.15) is 5.56 Å². The maximum atomic E-state index is 13.3. The van der Waals surface area contributed by atoms with E-state index in [2.05, 4.69) is 4.74 Å². The van der Waals surface area contributed by atoms with E-state index in [9.17, 15) is 9.18 Å². The molecule has 0 spiro atoms. The maximum absolute atomic E-state index is 13.3. The van der Waals surface area contributed by atoms with Gasteiger partial charge in [-0.25, -0.2) is 4.39 Å². The molecule has 0 radical (unpaired) electrons. The van der Waals surface area contributed by atoms with E-state index in [-0.39, 0.29) is 18.1 Å². The summed E-state index contributed by atoms with van der Waals surface area (Å²) >= 11 is 0. The summed E-state index contributed by atoms with van der Waals surface area (Å²) in [6.45, 7) is 0. The SMILES string of the molecule is COC(=O)Cc1ccc(Oc2ccc(N)c(F)c2)cc1. The second kappa shape index (κ2) is 6.06. The Morgan fingerprint density at radius 2 is 1.80 bits per heavy atom. The first-order chi connectivity index (χ1) is 9.58.